The molecule has 0 radical (unpaired) electrons. The highest BCUT2D eigenvalue weighted by Crippen LogP contribution is 2.55. The van der Waals surface area contributed by atoms with E-state index in [1.165, 1.54) is 77.0 Å². The molecular weight excluding hydrogens is 350 g/mol. The van der Waals surface area contributed by atoms with Crippen molar-refractivity contribution in [1.82, 2.24) is 10.6 Å². The van der Waals surface area contributed by atoms with Crippen molar-refractivity contribution in [2.24, 2.45) is 23.5 Å². The van der Waals surface area contributed by atoms with Crippen LogP contribution in [0.3, 0.4) is 0 Å². The standard InChI is InChI=1S/C23H41N3O2/c24-21(27)10-8-6-4-2-1-3-5-7-9-11-25-22(28)26-23-15-18-12-19(16-23)14-20(13-18)17-23/h18-20H,1-17H2,(H2,24,27)(H2,25,26,28). The molecule has 4 rings (SSSR count). The summed E-state index contributed by atoms with van der Waals surface area (Å²) in [6.45, 7) is 0.797. The molecule has 0 saturated heterocycles. The largest absolute Gasteiger partial charge is 0.370 e. The fourth-order valence-corrected chi connectivity index (χ4v) is 6.41. The zero-order valence-electron chi connectivity index (χ0n) is 17.6. The molecule has 4 fully saturated rings. The maximum atomic E-state index is 12.4. The Morgan fingerprint density at radius 1 is 0.750 bits per heavy atom. The first-order valence-corrected chi connectivity index (χ1v) is 11.9. The van der Waals surface area contributed by atoms with Crippen molar-refractivity contribution >= 4 is 11.9 Å². The van der Waals surface area contributed by atoms with E-state index in [9.17, 15) is 9.59 Å². The van der Waals surface area contributed by atoms with Crippen LogP contribution in [0.15, 0.2) is 0 Å². The first kappa shape index (κ1) is 21.4. The van der Waals surface area contributed by atoms with Crippen molar-refractivity contribution in [1.29, 1.82) is 0 Å². The van der Waals surface area contributed by atoms with Crippen molar-refractivity contribution in [3.8, 4) is 0 Å². The predicted octanol–water partition coefficient (Wildman–Crippen LogP) is 4.64. The number of nitrogens with one attached hydrogen (secondary N) is 2. The molecule has 28 heavy (non-hydrogen) atoms. The summed E-state index contributed by atoms with van der Waals surface area (Å²) < 4.78 is 0. The molecule has 4 N–H and O–H groups in total. The Morgan fingerprint density at radius 3 is 1.71 bits per heavy atom. The fraction of sp³-hybridized carbons (Fsp3) is 0.913. The minimum absolute atomic E-state index is 0.0675. The van der Waals surface area contributed by atoms with Crippen molar-refractivity contribution in [2.75, 3.05) is 6.54 Å². The van der Waals surface area contributed by atoms with Gasteiger partial charge in [-0.05, 0) is 69.1 Å². The Balaban J connectivity index is 1.15. The van der Waals surface area contributed by atoms with Gasteiger partial charge in [-0.2, -0.15) is 0 Å². The number of hydrogen-bond donors (Lipinski definition) is 3. The van der Waals surface area contributed by atoms with Gasteiger partial charge in [-0.15, -0.1) is 0 Å². The maximum absolute atomic E-state index is 12.4. The summed E-state index contributed by atoms with van der Waals surface area (Å²) in [6, 6.07) is 0.0675. The van der Waals surface area contributed by atoms with Gasteiger partial charge in [0.05, 0.1) is 0 Å². The molecule has 5 heteroatoms. The number of carbonyl (C=O) groups excluding carboxylic acids is 2. The van der Waals surface area contributed by atoms with Crippen LogP contribution in [0.2, 0.25) is 0 Å². The quantitative estimate of drug-likeness (QED) is 0.400. The van der Waals surface area contributed by atoms with Gasteiger partial charge in [-0.25, -0.2) is 4.79 Å². The molecule has 4 aliphatic carbocycles. The summed E-state index contributed by atoms with van der Waals surface area (Å²) in [7, 11) is 0. The third-order valence-corrected chi connectivity index (χ3v) is 7.30. The Kier molecular flexibility index (Phi) is 8.04. The van der Waals surface area contributed by atoms with Crippen molar-refractivity contribution in [3.05, 3.63) is 0 Å². The second kappa shape index (κ2) is 10.5. The summed E-state index contributed by atoms with van der Waals surface area (Å²) in [5.74, 6) is 2.43. The van der Waals surface area contributed by atoms with E-state index in [0.717, 1.165) is 43.6 Å². The lowest BCUT2D eigenvalue weighted by Gasteiger charge is -2.56. The number of primary amides is 1. The number of urea groups is 1. The zero-order chi connectivity index (χ0) is 19.8. The van der Waals surface area contributed by atoms with Gasteiger partial charge < -0.3 is 16.4 Å². The molecule has 160 valence electrons. The molecule has 4 bridgehead atoms. The average Bonchev–Trinajstić information content (AvgIpc) is 2.60. The molecule has 0 aromatic heterocycles. The molecule has 0 aromatic carbocycles. The lowest BCUT2D eigenvalue weighted by molar-refractivity contribution is -0.118. The van der Waals surface area contributed by atoms with Crippen molar-refractivity contribution in [3.63, 3.8) is 0 Å². The van der Waals surface area contributed by atoms with E-state index in [-0.39, 0.29) is 17.5 Å². The number of unbranched alkanes of at least 4 members (excludes halogenated alkanes) is 8. The Morgan fingerprint density at radius 2 is 1.21 bits per heavy atom. The highest BCUT2D eigenvalue weighted by molar-refractivity contribution is 5.75. The lowest BCUT2D eigenvalue weighted by atomic mass is 9.53. The minimum Gasteiger partial charge on any atom is -0.370 e. The Labute approximate surface area is 171 Å². The van der Waals surface area contributed by atoms with Crippen LogP contribution in [0, 0.1) is 17.8 Å². The normalized spacial score (nSPS) is 30.4. The highest BCUT2D eigenvalue weighted by Gasteiger charge is 2.51. The molecular formula is C23H41N3O2. The topological polar surface area (TPSA) is 84.2 Å². The summed E-state index contributed by atoms with van der Waals surface area (Å²) in [5, 5.41) is 6.49. The van der Waals surface area contributed by atoms with Gasteiger partial charge in [0.25, 0.3) is 0 Å². The number of amides is 3. The highest BCUT2D eigenvalue weighted by atomic mass is 16.2. The van der Waals surface area contributed by atoms with E-state index >= 15 is 0 Å². The van der Waals surface area contributed by atoms with Gasteiger partial charge in [-0.1, -0.05) is 44.9 Å². The van der Waals surface area contributed by atoms with E-state index in [4.69, 9.17) is 5.73 Å². The fourth-order valence-electron chi connectivity index (χ4n) is 6.41. The molecule has 0 heterocycles. The van der Waals surface area contributed by atoms with Crippen LogP contribution in [0.1, 0.15) is 103 Å². The third-order valence-electron chi connectivity index (χ3n) is 7.30. The summed E-state index contributed by atoms with van der Waals surface area (Å²) in [4.78, 5) is 23.0. The van der Waals surface area contributed by atoms with Gasteiger partial charge in [-0.3, -0.25) is 4.79 Å². The maximum Gasteiger partial charge on any atom is 0.315 e. The number of rotatable bonds is 13. The second-order valence-electron chi connectivity index (χ2n) is 9.98. The number of hydrogen-bond acceptors (Lipinski definition) is 2. The van der Waals surface area contributed by atoms with Gasteiger partial charge in [0.2, 0.25) is 5.91 Å². The van der Waals surface area contributed by atoms with Crippen LogP contribution in [0.4, 0.5) is 4.79 Å². The van der Waals surface area contributed by atoms with Crippen LogP contribution in [-0.4, -0.2) is 24.0 Å². The van der Waals surface area contributed by atoms with Gasteiger partial charge in [0.1, 0.15) is 0 Å². The predicted molar refractivity (Wildman–Crippen MR) is 113 cm³/mol. The smallest absolute Gasteiger partial charge is 0.315 e. The van der Waals surface area contributed by atoms with Crippen LogP contribution in [-0.2, 0) is 4.79 Å². The monoisotopic (exact) mass is 391 g/mol. The minimum atomic E-state index is -0.180. The summed E-state index contributed by atoms with van der Waals surface area (Å²) in [6.07, 6.45) is 19.0. The second-order valence-corrected chi connectivity index (χ2v) is 9.98. The zero-order valence-corrected chi connectivity index (χ0v) is 17.6. The van der Waals surface area contributed by atoms with Crippen molar-refractivity contribution < 1.29 is 9.59 Å². The van der Waals surface area contributed by atoms with Crippen LogP contribution < -0.4 is 16.4 Å². The van der Waals surface area contributed by atoms with Crippen molar-refractivity contribution in [2.45, 2.75) is 108 Å². The van der Waals surface area contributed by atoms with Crippen LogP contribution in [0.25, 0.3) is 0 Å². The molecule has 4 aliphatic rings. The van der Waals surface area contributed by atoms with Gasteiger partial charge in [0, 0.05) is 18.5 Å². The third kappa shape index (κ3) is 6.66. The van der Waals surface area contributed by atoms with E-state index in [2.05, 4.69) is 10.6 Å². The van der Waals surface area contributed by atoms with E-state index in [1.807, 2.05) is 0 Å². The van der Waals surface area contributed by atoms with Gasteiger partial charge in [0.15, 0.2) is 0 Å². The Hall–Kier alpha value is -1.26. The molecule has 0 atom stereocenters. The first-order valence-electron chi connectivity index (χ1n) is 11.9. The van der Waals surface area contributed by atoms with Crippen LogP contribution >= 0.6 is 0 Å². The molecule has 5 nitrogen and oxygen atoms in total. The van der Waals surface area contributed by atoms with E-state index in [1.54, 1.807) is 0 Å². The number of nitrogens with two attached hydrogens (primary N) is 1. The molecule has 3 amide bonds. The van der Waals surface area contributed by atoms with Gasteiger partial charge >= 0.3 is 6.03 Å². The molecule has 0 aromatic rings. The molecule has 0 unspecified atom stereocenters. The molecule has 0 spiro atoms. The molecule has 4 saturated carbocycles. The number of carbonyl (C=O) groups is 2. The van der Waals surface area contributed by atoms with Crippen LogP contribution in [0.5, 0.6) is 0 Å². The SMILES string of the molecule is NC(=O)CCCCCCCCCCCNC(=O)NC12CC3CC(CC(C3)C1)C2. The Bertz CT molecular complexity index is 485. The van der Waals surface area contributed by atoms with E-state index < -0.39 is 0 Å². The lowest BCUT2D eigenvalue weighted by Crippen LogP contribution is -2.61. The summed E-state index contributed by atoms with van der Waals surface area (Å²) in [5.41, 5.74) is 5.26. The van der Waals surface area contributed by atoms with E-state index in [0.29, 0.717) is 6.42 Å². The average molecular weight is 392 g/mol. The molecule has 0 aliphatic heterocycles. The first-order chi connectivity index (χ1) is 13.5. The summed E-state index contributed by atoms with van der Waals surface area (Å²) >= 11 is 0.